The van der Waals surface area contributed by atoms with Gasteiger partial charge >= 0.3 is 0 Å². The second-order valence-electron chi connectivity index (χ2n) is 5.87. The number of nitrogens with one attached hydrogen (secondary N) is 1. The van der Waals surface area contributed by atoms with E-state index < -0.39 is 0 Å². The Morgan fingerprint density at radius 3 is 2.60 bits per heavy atom. The zero-order chi connectivity index (χ0) is 17.4. The molecule has 0 saturated heterocycles. The Morgan fingerprint density at radius 1 is 1.04 bits per heavy atom. The number of phenols is 1. The SMILES string of the molecule is Cc1ccc(Nc2c(-c3ccc(O)cc3)nc3ccccn23)cc1Cl. The quantitative estimate of drug-likeness (QED) is 0.519. The fourth-order valence-corrected chi connectivity index (χ4v) is 2.92. The molecule has 4 rings (SSSR count). The van der Waals surface area contributed by atoms with Crippen LogP contribution in [0.25, 0.3) is 16.9 Å². The largest absolute Gasteiger partial charge is 0.508 e. The lowest BCUT2D eigenvalue weighted by Gasteiger charge is -2.10. The standard InChI is InChI=1S/C20H16ClN3O/c1-13-5-8-15(12-17(13)21)22-20-19(14-6-9-16(25)10-7-14)23-18-4-2-3-11-24(18)20/h2-12,22,25H,1H3. The van der Waals surface area contributed by atoms with Crippen molar-refractivity contribution in [1.29, 1.82) is 0 Å². The van der Waals surface area contributed by atoms with Crippen LogP contribution in [-0.2, 0) is 0 Å². The van der Waals surface area contributed by atoms with Gasteiger partial charge in [0.2, 0.25) is 0 Å². The first kappa shape index (κ1) is 15.5. The minimum atomic E-state index is 0.229. The van der Waals surface area contributed by atoms with E-state index in [9.17, 15) is 5.11 Å². The first-order valence-corrected chi connectivity index (χ1v) is 8.29. The number of rotatable bonds is 3. The molecule has 0 bridgehead atoms. The molecule has 0 radical (unpaired) electrons. The Bertz CT molecular complexity index is 1050. The van der Waals surface area contributed by atoms with Gasteiger partial charge in [0.25, 0.3) is 0 Å². The van der Waals surface area contributed by atoms with Gasteiger partial charge in [0.05, 0.1) is 0 Å². The average Bonchev–Trinajstić information content (AvgIpc) is 2.97. The Kier molecular flexibility index (Phi) is 3.82. The molecule has 0 spiro atoms. The van der Waals surface area contributed by atoms with E-state index in [0.717, 1.165) is 34.0 Å². The first-order valence-electron chi connectivity index (χ1n) is 7.91. The molecule has 2 aromatic heterocycles. The van der Waals surface area contributed by atoms with Gasteiger partial charge in [0.15, 0.2) is 0 Å². The Balaban J connectivity index is 1.87. The van der Waals surface area contributed by atoms with Crippen molar-refractivity contribution in [3.63, 3.8) is 0 Å². The van der Waals surface area contributed by atoms with Gasteiger partial charge in [-0.2, -0.15) is 0 Å². The number of hydrogen-bond donors (Lipinski definition) is 2. The normalized spacial score (nSPS) is 11.0. The van der Waals surface area contributed by atoms with Gasteiger partial charge in [-0.3, -0.25) is 4.40 Å². The molecule has 0 unspecified atom stereocenters. The predicted octanol–water partition coefficient (Wildman–Crippen LogP) is 5.41. The van der Waals surface area contributed by atoms with Gasteiger partial charge in [0, 0.05) is 22.5 Å². The predicted molar refractivity (Wildman–Crippen MR) is 102 cm³/mol. The summed E-state index contributed by atoms with van der Waals surface area (Å²) in [4.78, 5) is 4.73. The summed E-state index contributed by atoms with van der Waals surface area (Å²) in [5.41, 5.74) is 4.49. The number of pyridine rings is 1. The lowest BCUT2D eigenvalue weighted by Crippen LogP contribution is -1.97. The summed E-state index contributed by atoms with van der Waals surface area (Å²) >= 11 is 6.26. The van der Waals surface area contributed by atoms with Crippen LogP contribution in [0.4, 0.5) is 11.5 Å². The second kappa shape index (κ2) is 6.15. The van der Waals surface area contributed by atoms with Crippen LogP contribution in [0, 0.1) is 6.92 Å². The molecule has 2 aromatic carbocycles. The molecule has 0 aliphatic rings. The number of aromatic nitrogens is 2. The number of aryl methyl sites for hydroxylation is 1. The van der Waals surface area contributed by atoms with Crippen molar-refractivity contribution in [2.45, 2.75) is 6.92 Å². The third-order valence-corrected chi connectivity index (χ3v) is 4.51. The van der Waals surface area contributed by atoms with Crippen LogP contribution in [0.5, 0.6) is 5.75 Å². The molecule has 25 heavy (non-hydrogen) atoms. The summed E-state index contributed by atoms with van der Waals surface area (Å²) in [6.07, 6.45) is 1.96. The lowest BCUT2D eigenvalue weighted by molar-refractivity contribution is 0.475. The molecule has 0 saturated carbocycles. The molecular weight excluding hydrogens is 334 g/mol. The highest BCUT2D eigenvalue weighted by molar-refractivity contribution is 6.31. The zero-order valence-corrected chi connectivity index (χ0v) is 14.3. The highest BCUT2D eigenvalue weighted by Crippen LogP contribution is 2.32. The van der Waals surface area contributed by atoms with Gasteiger partial charge in [0.1, 0.15) is 22.9 Å². The number of hydrogen-bond acceptors (Lipinski definition) is 3. The summed E-state index contributed by atoms with van der Waals surface area (Å²) in [6.45, 7) is 1.97. The molecular formula is C20H16ClN3O. The van der Waals surface area contributed by atoms with Gasteiger partial charge in [-0.25, -0.2) is 4.98 Å². The summed E-state index contributed by atoms with van der Waals surface area (Å²) < 4.78 is 2.00. The number of imidazole rings is 1. The fraction of sp³-hybridized carbons (Fsp3) is 0.0500. The topological polar surface area (TPSA) is 49.6 Å². The number of nitrogens with zero attached hydrogens (tertiary/aromatic N) is 2. The summed E-state index contributed by atoms with van der Waals surface area (Å²) in [5, 5.41) is 13.7. The molecule has 5 heteroatoms. The van der Waals surface area contributed by atoms with E-state index in [1.54, 1.807) is 12.1 Å². The Hall–Kier alpha value is -2.98. The lowest BCUT2D eigenvalue weighted by atomic mass is 10.1. The molecule has 0 fully saturated rings. The maximum Gasteiger partial charge on any atom is 0.143 e. The summed E-state index contributed by atoms with van der Waals surface area (Å²) in [6, 6.07) is 18.8. The van der Waals surface area contributed by atoms with Crippen LogP contribution in [0.1, 0.15) is 5.56 Å². The number of anilines is 2. The van der Waals surface area contributed by atoms with Gasteiger partial charge in [-0.05, 0) is 61.0 Å². The van der Waals surface area contributed by atoms with E-state index in [1.807, 2.05) is 66.1 Å². The van der Waals surface area contributed by atoms with E-state index in [2.05, 4.69) is 5.32 Å². The van der Waals surface area contributed by atoms with Crippen LogP contribution in [-0.4, -0.2) is 14.5 Å². The van der Waals surface area contributed by atoms with Crippen LogP contribution < -0.4 is 5.32 Å². The molecule has 4 aromatic rings. The molecule has 0 amide bonds. The van der Waals surface area contributed by atoms with Crippen molar-refractivity contribution in [2.24, 2.45) is 0 Å². The van der Waals surface area contributed by atoms with E-state index in [4.69, 9.17) is 16.6 Å². The molecule has 4 nitrogen and oxygen atoms in total. The second-order valence-corrected chi connectivity index (χ2v) is 6.28. The minimum absolute atomic E-state index is 0.229. The van der Waals surface area contributed by atoms with Crippen molar-refractivity contribution in [3.05, 3.63) is 77.4 Å². The fourth-order valence-electron chi connectivity index (χ4n) is 2.74. The Labute approximate surface area is 150 Å². The number of benzene rings is 2. The summed E-state index contributed by atoms with van der Waals surface area (Å²) in [5.74, 6) is 1.08. The molecule has 0 aliphatic heterocycles. The van der Waals surface area contributed by atoms with Crippen molar-refractivity contribution >= 4 is 28.8 Å². The summed E-state index contributed by atoms with van der Waals surface area (Å²) in [7, 11) is 0. The Morgan fingerprint density at radius 2 is 1.84 bits per heavy atom. The number of aromatic hydroxyl groups is 1. The minimum Gasteiger partial charge on any atom is -0.508 e. The maximum atomic E-state index is 9.55. The highest BCUT2D eigenvalue weighted by Gasteiger charge is 2.14. The van der Waals surface area contributed by atoms with Crippen LogP contribution in [0.15, 0.2) is 66.9 Å². The van der Waals surface area contributed by atoms with E-state index >= 15 is 0 Å². The molecule has 124 valence electrons. The molecule has 0 atom stereocenters. The number of halogens is 1. The van der Waals surface area contributed by atoms with Crippen molar-refractivity contribution in [1.82, 2.24) is 9.38 Å². The highest BCUT2D eigenvalue weighted by atomic mass is 35.5. The maximum absolute atomic E-state index is 9.55. The van der Waals surface area contributed by atoms with Gasteiger partial charge in [-0.15, -0.1) is 0 Å². The first-order chi connectivity index (χ1) is 12.1. The molecule has 2 N–H and O–H groups in total. The van der Waals surface area contributed by atoms with Crippen molar-refractivity contribution < 1.29 is 5.11 Å². The molecule has 2 heterocycles. The van der Waals surface area contributed by atoms with E-state index in [1.165, 1.54) is 0 Å². The van der Waals surface area contributed by atoms with Crippen LogP contribution >= 0.6 is 11.6 Å². The number of fused-ring (bicyclic) bond motifs is 1. The smallest absolute Gasteiger partial charge is 0.143 e. The zero-order valence-electron chi connectivity index (χ0n) is 13.6. The van der Waals surface area contributed by atoms with Crippen molar-refractivity contribution in [3.8, 4) is 17.0 Å². The van der Waals surface area contributed by atoms with E-state index in [0.29, 0.717) is 5.02 Å². The third-order valence-electron chi connectivity index (χ3n) is 4.11. The monoisotopic (exact) mass is 349 g/mol. The van der Waals surface area contributed by atoms with Gasteiger partial charge < -0.3 is 10.4 Å². The van der Waals surface area contributed by atoms with Crippen LogP contribution in [0.3, 0.4) is 0 Å². The van der Waals surface area contributed by atoms with Crippen LogP contribution in [0.2, 0.25) is 5.02 Å². The number of phenolic OH excluding ortho intramolecular Hbond substituents is 1. The van der Waals surface area contributed by atoms with Gasteiger partial charge in [-0.1, -0.05) is 23.7 Å². The third kappa shape index (κ3) is 2.92. The van der Waals surface area contributed by atoms with E-state index in [-0.39, 0.29) is 5.75 Å². The molecule has 0 aliphatic carbocycles. The average molecular weight is 350 g/mol. The van der Waals surface area contributed by atoms with Crippen molar-refractivity contribution in [2.75, 3.05) is 5.32 Å².